The molecule has 0 aromatic heterocycles. The first-order valence-corrected chi connectivity index (χ1v) is 7.79. The normalized spacial score (nSPS) is 21.1. The minimum atomic E-state index is -0.340. The van der Waals surface area contributed by atoms with Crippen LogP contribution in [0.4, 0.5) is 5.69 Å². The third-order valence-electron chi connectivity index (χ3n) is 4.45. The first kappa shape index (κ1) is 15.9. The lowest BCUT2D eigenvalue weighted by Crippen LogP contribution is -2.44. The number of nitro groups is 1. The van der Waals surface area contributed by atoms with E-state index in [0.29, 0.717) is 18.5 Å². The third kappa shape index (κ3) is 4.51. The van der Waals surface area contributed by atoms with E-state index < -0.39 is 0 Å². The first-order chi connectivity index (χ1) is 10.1. The Hall–Kier alpha value is -1.46. The molecule has 1 heterocycles. The van der Waals surface area contributed by atoms with E-state index in [1.807, 2.05) is 6.07 Å². The standard InChI is InChI=1S/C16H25N3O2/c1-3-18-9-5-7-15(12-18)13(2)17-11-14-6-4-8-16(10-14)19(20)21/h4,6,8,10,13,15,17H,3,5,7,9,11-12H2,1-2H3. The lowest BCUT2D eigenvalue weighted by Gasteiger charge is -2.35. The summed E-state index contributed by atoms with van der Waals surface area (Å²) in [5.74, 6) is 0.664. The minimum Gasteiger partial charge on any atom is -0.310 e. The van der Waals surface area contributed by atoms with E-state index in [-0.39, 0.29) is 10.6 Å². The van der Waals surface area contributed by atoms with Crippen molar-refractivity contribution in [3.8, 4) is 0 Å². The molecular formula is C16H25N3O2. The molecular weight excluding hydrogens is 266 g/mol. The fraction of sp³-hybridized carbons (Fsp3) is 0.625. The van der Waals surface area contributed by atoms with Crippen LogP contribution in [0, 0.1) is 16.0 Å². The molecule has 2 unspecified atom stereocenters. The van der Waals surface area contributed by atoms with Gasteiger partial charge in [0.2, 0.25) is 0 Å². The molecule has 1 fully saturated rings. The van der Waals surface area contributed by atoms with Gasteiger partial charge in [-0.1, -0.05) is 19.1 Å². The summed E-state index contributed by atoms with van der Waals surface area (Å²) in [6.07, 6.45) is 2.53. The van der Waals surface area contributed by atoms with Crippen LogP contribution in [0.5, 0.6) is 0 Å². The second-order valence-corrected chi connectivity index (χ2v) is 5.89. The van der Waals surface area contributed by atoms with E-state index in [0.717, 1.165) is 18.7 Å². The summed E-state index contributed by atoms with van der Waals surface area (Å²) in [5, 5.41) is 14.3. The molecule has 1 N–H and O–H groups in total. The monoisotopic (exact) mass is 291 g/mol. The molecule has 0 bridgehead atoms. The Morgan fingerprint density at radius 3 is 3.05 bits per heavy atom. The molecule has 2 atom stereocenters. The van der Waals surface area contributed by atoms with Crippen LogP contribution in [0.1, 0.15) is 32.3 Å². The van der Waals surface area contributed by atoms with Crippen LogP contribution in [0.3, 0.4) is 0 Å². The zero-order chi connectivity index (χ0) is 15.2. The third-order valence-corrected chi connectivity index (χ3v) is 4.45. The van der Waals surface area contributed by atoms with Crippen molar-refractivity contribution in [2.24, 2.45) is 5.92 Å². The number of non-ortho nitro benzene ring substituents is 1. The van der Waals surface area contributed by atoms with Crippen molar-refractivity contribution in [2.45, 2.75) is 39.3 Å². The Balaban J connectivity index is 1.87. The Labute approximate surface area is 126 Å². The average molecular weight is 291 g/mol. The largest absolute Gasteiger partial charge is 0.310 e. The summed E-state index contributed by atoms with van der Waals surface area (Å²) in [7, 11) is 0. The van der Waals surface area contributed by atoms with Gasteiger partial charge in [-0.15, -0.1) is 0 Å². The molecule has 0 spiro atoms. The van der Waals surface area contributed by atoms with Gasteiger partial charge in [-0.2, -0.15) is 0 Å². The number of nitro benzene ring substituents is 1. The second-order valence-electron chi connectivity index (χ2n) is 5.89. The molecule has 1 aromatic carbocycles. The second kappa shape index (κ2) is 7.52. The first-order valence-electron chi connectivity index (χ1n) is 7.79. The predicted molar refractivity (Wildman–Crippen MR) is 84.2 cm³/mol. The van der Waals surface area contributed by atoms with Gasteiger partial charge in [0, 0.05) is 31.3 Å². The Morgan fingerprint density at radius 1 is 1.52 bits per heavy atom. The molecule has 1 saturated heterocycles. The highest BCUT2D eigenvalue weighted by atomic mass is 16.6. The topological polar surface area (TPSA) is 58.4 Å². The molecule has 5 nitrogen and oxygen atoms in total. The van der Waals surface area contributed by atoms with Gasteiger partial charge >= 0.3 is 0 Å². The molecule has 0 aliphatic carbocycles. The Morgan fingerprint density at radius 2 is 2.33 bits per heavy atom. The number of benzene rings is 1. The summed E-state index contributed by atoms with van der Waals surface area (Å²) in [6.45, 7) is 8.61. The molecule has 0 amide bonds. The van der Waals surface area contributed by atoms with Crippen LogP contribution in [-0.2, 0) is 6.54 Å². The van der Waals surface area contributed by atoms with Gasteiger partial charge in [-0.25, -0.2) is 0 Å². The van der Waals surface area contributed by atoms with Crippen LogP contribution < -0.4 is 5.32 Å². The Bertz CT molecular complexity index is 478. The highest BCUT2D eigenvalue weighted by Crippen LogP contribution is 2.20. The van der Waals surface area contributed by atoms with E-state index in [1.54, 1.807) is 12.1 Å². The lowest BCUT2D eigenvalue weighted by molar-refractivity contribution is -0.384. The van der Waals surface area contributed by atoms with Crippen LogP contribution >= 0.6 is 0 Å². The summed E-state index contributed by atoms with van der Waals surface area (Å²) in [6, 6.07) is 7.30. The van der Waals surface area contributed by atoms with Gasteiger partial charge in [0.25, 0.3) is 5.69 Å². The molecule has 116 valence electrons. The maximum absolute atomic E-state index is 10.8. The fourth-order valence-electron chi connectivity index (χ4n) is 3.01. The molecule has 21 heavy (non-hydrogen) atoms. The number of hydrogen-bond acceptors (Lipinski definition) is 4. The van der Waals surface area contributed by atoms with E-state index in [2.05, 4.69) is 24.1 Å². The van der Waals surface area contributed by atoms with Crippen LogP contribution in [0.2, 0.25) is 0 Å². The predicted octanol–water partition coefficient (Wildman–Crippen LogP) is 2.80. The smallest absolute Gasteiger partial charge is 0.269 e. The fourth-order valence-corrected chi connectivity index (χ4v) is 3.01. The zero-order valence-electron chi connectivity index (χ0n) is 12.9. The molecule has 2 rings (SSSR count). The van der Waals surface area contributed by atoms with Crippen molar-refractivity contribution in [2.75, 3.05) is 19.6 Å². The number of likely N-dealkylation sites (tertiary alicyclic amines) is 1. The highest BCUT2D eigenvalue weighted by molar-refractivity contribution is 5.34. The van der Waals surface area contributed by atoms with Gasteiger partial charge in [0.1, 0.15) is 0 Å². The molecule has 1 aliphatic heterocycles. The average Bonchev–Trinajstić information content (AvgIpc) is 2.53. The molecule has 5 heteroatoms. The lowest BCUT2D eigenvalue weighted by atomic mass is 9.91. The van der Waals surface area contributed by atoms with Gasteiger partial charge in [-0.3, -0.25) is 10.1 Å². The Kier molecular flexibility index (Phi) is 5.70. The molecule has 1 aliphatic rings. The van der Waals surface area contributed by atoms with Crippen molar-refractivity contribution in [3.63, 3.8) is 0 Å². The number of rotatable bonds is 6. The summed E-state index contributed by atoms with van der Waals surface area (Å²) in [5.41, 5.74) is 1.14. The van der Waals surface area contributed by atoms with Crippen molar-refractivity contribution in [1.82, 2.24) is 10.2 Å². The van der Waals surface area contributed by atoms with Crippen LogP contribution in [0.25, 0.3) is 0 Å². The molecule has 0 radical (unpaired) electrons. The summed E-state index contributed by atoms with van der Waals surface area (Å²) >= 11 is 0. The van der Waals surface area contributed by atoms with Crippen molar-refractivity contribution < 1.29 is 4.92 Å². The van der Waals surface area contributed by atoms with Crippen LogP contribution in [0.15, 0.2) is 24.3 Å². The van der Waals surface area contributed by atoms with E-state index in [4.69, 9.17) is 0 Å². The minimum absolute atomic E-state index is 0.164. The zero-order valence-corrected chi connectivity index (χ0v) is 12.9. The quantitative estimate of drug-likeness (QED) is 0.647. The summed E-state index contributed by atoms with van der Waals surface area (Å²) in [4.78, 5) is 12.9. The van der Waals surface area contributed by atoms with E-state index >= 15 is 0 Å². The molecule has 1 aromatic rings. The van der Waals surface area contributed by atoms with Crippen molar-refractivity contribution in [1.29, 1.82) is 0 Å². The number of hydrogen-bond donors (Lipinski definition) is 1. The van der Waals surface area contributed by atoms with Gasteiger partial charge in [0.15, 0.2) is 0 Å². The van der Waals surface area contributed by atoms with Gasteiger partial charge in [0.05, 0.1) is 4.92 Å². The van der Waals surface area contributed by atoms with Gasteiger partial charge < -0.3 is 10.2 Å². The van der Waals surface area contributed by atoms with Gasteiger partial charge in [-0.05, 0) is 44.3 Å². The maximum atomic E-state index is 10.8. The summed E-state index contributed by atoms with van der Waals surface area (Å²) < 4.78 is 0. The SMILES string of the molecule is CCN1CCCC(C(C)NCc2cccc([N+](=O)[O-])c2)C1. The number of nitrogens with zero attached hydrogens (tertiary/aromatic N) is 2. The van der Waals surface area contributed by atoms with Crippen molar-refractivity contribution >= 4 is 5.69 Å². The van der Waals surface area contributed by atoms with Crippen molar-refractivity contribution in [3.05, 3.63) is 39.9 Å². The number of nitrogens with one attached hydrogen (secondary N) is 1. The highest BCUT2D eigenvalue weighted by Gasteiger charge is 2.23. The maximum Gasteiger partial charge on any atom is 0.269 e. The number of piperidine rings is 1. The van der Waals surface area contributed by atoms with Crippen LogP contribution in [-0.4, -0.2) is 35.5 Å². The molecule has 0 saturated carbocycles. The van der Waals surface area contributed by atoms with E-state index in [1.165, 1.54) is 25.5 Å². The van der Waals surface area contributed by atoms with E-state index in [9.17, 15) is 10.1 Å².